The summed E-state index contributed by atoms with van der Waals surface area (Å²) in [5, 5.41) is 22.8. The van der Waals surface area contributed by atoms with Gasteiger partial charge in [0.1, 0.15) is 5.75 Å². The fraction of sp³-hybridized carbons (Fsp3) is 0.450. The first-order valence-corrected chi connectivity index (χ1v) is 8.76. The molecule has 5 atom stereocenters. The molecule has 0 saturated carbocycles. The van der Waals surface area contributed by atoms with Gasteiger partial charge in [-0.2, -0.15) is 0 Å². The van der Waals surface area contributed by atoms with E-state index in [2.05, 4.69) is 16.5 Å². The highest BCUT2D eigenvalue weighted by molar-refractivity contribution is 5.83. The largest absolute Gasteiger partial charge is 0.497 e. The molecule has 25 heavy (non-hydrogen) atoms. The van der Waals surface area contributed by atoms with Crippen LogP contribution in [0.3, 0.4) is 0 Å². The summed E-state index contributed by atoms with van der Waals surface area (Å²) in [5.74, 6) is 0.901. The van der Waals surface area contributed by atoms with Gasteiger partial charge in [0.05, 0.1) is 24.3 Å². The highest BCUT2D eigenvalue weighted by Gasteiger charge is 2.49. The highest BCUT2D eigenvalue weighted by atomic mass is 16.5. The summed E-state index contributed by atoms with van der Waals surface area (Å²) in [6, 6.07) is 7.60. The number of nitrogens with zero attached hydrogens (tertiary/aromatic N) is 2. The molecule has 2 aromatic rings. The van der Waals surface area contributed by atoms with Crippen LogP contribution in [0.25, 0.3) is 10.9 Å². The van der Waals surface area contributed by atoms with Crippen molar-refractivity contribution >= 4 is 10.9 Å². The molecule has 1 aromatic heterocycles. The zero-order chi connectivity index (χ0) is 17.6. The highest BCUT2D eigenvalue weighted by Crippen LogP contribution is 2.44. The number of benzene rings is 1. The van der Waals surface area contributed by atoms with Crippen molar-refractivity contribution in [2.24, 2.45) is 5.92 Å². The molecule has 3 aliphatic heterocycles. The second-order valence-electron chi connectivity index (χ2n) is 7.18. The first-order chi connectivity index (χ1) is 12.1. The number of rotatable bonds is 4. The summed E-state index contributed by atoms with van der Waals surface area (Å²) in [6.07, 6.45) is 4.48. The van der Waals surface area contributed by atoms with E-state index in [1.54, 1.807) is 19.4 Å². The van der Waals surface area contributed by atoms with Gasteiger partial charge in [-0.15, -0.1) is 6.58 Å². The number of piperidine rings is 3. The first-order valence-electron chi connectivity index (χ1n) is 8.76. The summed E-state index contributed by atoms with van der Waals surface area (Å²) in [7, 11) is 1.63. The van der Waals surface area contributed by atoms with Crippen LogP contribution in [0.5, 0.6) is 5.75 Å². The maximum atomic E-state index is 11.2. The van der Waals surface area contributed by atoms with Gasteiger partial charge in [0.25, 0.3) is 0 Å². The Hall–Kier alpha value is -1.95. The molecule has 0 radical (unpaired) electrons. The normalized spacial score (nSPS) is 32.5. The van der Waals surface area contributed by atoms with E-state index < -0.39 is 11.7 Å². The number of hydrogen-bond acceptors (Lipinski definition) is 5. The molecule has 0 amide bonds. The second kappa shape index (κ2) is 6.09. The number of hydrogen-bond donors (Lipinski definition) is 2. The fourth-order valence-electron chi connectivity index (χ4n) is 4.45. The third-order valence-electron chi connectivity index (χ3n) is 5.94. The molecule has 3 saturated heterocycles. The summed E-state index contributed by atoms with van der Waals surface area (Å²) >= 11 is 0. The van der Waals surface area contributed by atoms with Gasteiger partial charge in [-0.05, 0) is 55.1 Å². The van der Waals surface area contributed by atoms with Crippen molar-refractivity contribution in [3.05, 3.63) is 48.7 Å². The maximum absolute atomic E-state index is 11.2. The van der Waals surface area contributed by atoms with Crippen molar-refractivity contribution in [3.63, 3.8) is 0 Å². The van der Waals surface area contributed by atoms with Crippen molar-refractivity contribution in [2.75, 3.05) is 20.2 Å². The Balaban J connectivity index is 1.69. The summed E-state index contributed by atoms with van der Waals surface area (Å²) < 4.78 is 5.33. The molecule has 0 aliphatic carbocycles. The van der Waals surface area contributed by atoms with Crippen LogP contribution in [0.15, 0.2) is 43.1 Å². The minimum absolute atomic E-state index is 0.00391. The van der Waals surface area contributed by atoms with Gasteiger partial charge in [-0.3, -0.25) is 9.88 Å². The number of methoxy groups -OCH3 is 1. The molecule has 5 rings (SSSR count). The first kappa shape index (κ1) is 16.5. The number of fused-ring (bicyclic) bond motifs is 4. The smallest absolute Gasteiger partial charge is 0.119 e. The minimum atomic E-state index is -0.835. The standard InChI is InChI=1S/C20H24N2O3/c1-3-20(24)12-22-9-7-13(20)10-18(22)19(23)15-6-8-21-17-5-4-14(25-2)11-16(15)17/h3-6,8,11,13,18-19,23-24H,1,7,9-10,12H2,2H3/t13?,18-,19+,20-/m0/s1. The molecule has 3 fully saturated rings. The molecule has 2 N–H and O–H groups in total. The predicted molar refractivity (Wildman–Crippen MR) is 96.5 cm³/mol. The number of aromatic nitrogens is 1. The molecule has 3 aliphatic rings. The van der Waals surface area contributed by atoms with Gasteiger partial charge in [0.15, 0.2) is 0 Å². The lowest BCUT2D eigenvalue weighted by atomic mass is 9.71. The van der Waals surface area contributed by atoms with Crippen LogP contribution in [0, 0.1) is 5.92 Å². The number of aliphatic hydroxyl groups is 2. The third kappa shape index (κ3) is 2.63. The Morgan fingerprint density at radius 3 is 2.96 bits per heavy atom. The Kier molecular flexibility index (Phi) is 4.02. The Morgan fingerprint density at radius 2 is 2.28 bits per heavy atom. The van der Waals surface area contributed by atoms with Gasteiger partial charge in [0.2, 0.25) is 0 Å². The van der Waals surface area contributed by atoms with E-state index in [0.717, 1.165) is 41.6 Å². The van der Waals surface area contributed by atoms with Crippen molar-refractivity contribution < 1.29 is 14.9 Å². The molecule has 2 unspecified atom stereocenters. The average Bonchev–Trinajstić information content (AvgIpc) is 2.66. The lowest BCUT2D eigenvalue weighted by Crippen LogP contribution is -2.63. The summed E-state index contributed by atoms with van der Waals surface area (Å²) in [4.78, 5) is 6.59. The second-order valence-corrected chi connectivity index (χ2v) is 7.18. The predicted octanol–water partition coefficient (Wildman–Crippen LogP) is 2.29. The zero-order valence-corrected chi connectivity index (χ0v) is 14.4. The van der Waals surface area contributed by atoms with Gasteiger partial charge in [-0.1, -0.05) is 6.08 Å². The van der Waals surface area contributed by atoms with Crippen LogP contribution in [0.1, 0.15) is 24.5 Å². The maximum Gasteiger partial charge on any atom is 0.119 e. The molecule has 5 heteroatoms. The van der Waals surface area contributed by atoms with E-state index in [1.165, 1.54) is 0 Å². The van der Waals surface area contributed by atoms with E-state index in [9.17, 15) is 10.2 Å². The van der Waals surface area contributed by atoms with Crippen LogP contribution >= 0.6 is 0 Å². The molecule has 0 spiro atoms. The lowest BCUT2D eigenvalue weighted by Gasteiger charge is -2.54. The summed E-state index contributed by atoms with van der Waals surface area (Å²) in [6.45, 7) is 5.24. The molecule has 2 bridgehead atoms. The topological polar surface area (TPSA) is 65.8 Å². The average molecular weight is 340 g/mol. The van der Waals surface area contributed by atoms with Crippen molar-refractivity contribution in [1.29, 1.82) is 0 Å². The number of ether oxygens (including phenoxy) is 1. The van der Waals surface area contributed by atoms with E-state index >= 15 is 0 Å². The van der Waals surface area contributed by atoms with Crippen LogP contribution in [0.2, 0.25) is 0 Å². The Bertz CT molecular complexity index is 809. The van der Waals surface area contributed by atoms with Gasteiger partial charge in [-0.25, -0.2) is 0 Å². The summed E-state index contributed by atoms with van der Waals surface area (Å²) in [5.41, 5.74) is 0.873. The molecule has 1 aromatic carbocycles. The van der Waals surface area contributed by atoms with Crippen molar-refractivity contribution in [2.45, 2.75) is 30.6 Å². The monoisotopic (exact) mass is 340 g/mol. The van der Waals surface area contributed by atoms with E-state index in [-0.39, 0.29) is 12.0 Å². The van der Waals surface area contributed by atoms with Gasteiger partial charge < -0.3 is 14.9 Å². The number of pyridine rings is 1. The molecular formula is C20H24N2O3. The quantitative estimate of drug-likeness (QED) is 0.836. The third-order valence-corrected chi connectivity index (χ3v) is 5.94. The van der Waals surface area contributed by atoms with Crippen LogP contribution in [-0.4, -0.2) is 51.9 Å². The number of aliphatic hydroxyl groups excluding tert-OH is 1. The lowest BCUT2D eigenvalue weighted by molar-refractivity contribution is -0.127. The van der Waals surface area contributed by atoms with Crippen molar-refractivity contribution in [3.8, 4) is 5.75 Å². The van der Waals surface area contributed by atoms with Gasteiger partial charge >= 0.3 is 0 Å². The van der Waals surface area contributed by atoms with Crippen molar-refractivity contribution in [1.82, 2.24) is 9.88 Å². The van der Waals surface area contributed by atoms with E-state index in [4.69, 9.17) is 4.74 Å². The molecule has 132 valence electrons. The fourth-order valence-corrected chi connectivity index (χ4v) is 4.45. The SMILES string of the molecule is C=C[C@]1(O)CN2CCC1C[C@H]2[C@H](O)c1ccnc2ccc(OC)cc12. The molecular weight excluding hydrogens is 316 g/mol. The van der Waals surface area contributed by atoms with Crippen LogP contribution < -0.4 is 4.74 Å². The van der Waals surface area contributed by atoms with Crippen LogP contribution in [-0.2, 0) is 0 Å². The van der Waals surface area contributed by atoms with Gasteiger partial charge in [0, 0.05) is 24.2 Å². The van der Waals surface area contributed by atoms with Crippen LogP contribution in [0.4, 0.5) is 0 Å². The molecule has 5 nitrogen and oxygen atoms in total. The minimum Gasteiger partial charge on any atom is -0.497 e. The Labute approximate surface area is 147 Å². The van der Waals surface area contributed by atoms with E-state index in [0.29, 0.717) is 6.54 Å². The van der Waals surface area contributed by atoms with E-state index in [1.807, 2.05) is 24.3 Å². The Morgan fingerprint density at radius 1 is 1.44 bits per heavy atom. The zero-order valence-electron chi connectivity index (χ0n) is 14.4. The molecule has 4 heterocycles.